The molecule has 2 aromatic rings. The van der Waals surface area contributed by atoms with Crippen LogP contribution in [0.2, 0.25) is 5.02 Å². The molecule has 5 heteroatoms. The summed E-state index contributed by atoms with van der Waals surface area (Å²) in [4.78, 5) is 0.902. The fourth-order valence-corrected chi connectivity index (χ4v) is 2.62. The molecule has 0 fully saturated rings. The van der Waals surface area contributed by atoms with Crippen molar-refractivity contribution in [3.05, 3.63) is 52.5 Å². The summed E-state index contributed by atoms with van der Waals surface area (Å²) >= 11 is 7.66. The molecule has 0 atom stereocenters. The molecule has 0 aromatic heterocycles. The molecule has 0 amide bonds. The van der Waals surface area contributed by atoms with E-state index in [4.69, 9.17) is 27.5 Å². The Morgan fingerprint density at radius 2 is 2.00 bits per heavy atom. The van der Waals surface area contributed by atoms with Gasteiger partial charge in [0.1, 0.15) is 17.3 Å². The number of ether oxygens (including phenoxy) is 1. The topological polar surface area (TPSA) is 59.1 Å². The third-order valence-electron chi connectivity index (χ3n) is 2.78. The van der Waals surface area contributed by atoms with Crippen LogP contribution < -0.4 is 10.5 Å². The number of rotatable bonds is 4. The number of benzene rings is 2. The normalized spacial score (nSPS) is 10.3. The molecular weight excluding hydrogens is 292 g/mol. The van der Waals surface area contributed by atoms with Gasteiger partial charge in [0, 0.05) is 4.90 Å². The van der Waals surface area contributed by atoms with E-state index in [1.54, 1.807) is 12.1 Å². The number of nitrogen functional groups attached to an aromatic ring is 1. The molecule has 0 heterocycles. The van der Waals surface area contributed by atoms with Gasteiger partial charge in [0.25, 0.3) is 0 Å². The summed E-state index contributed by atoms with van der Waals surface area (Å²) in [6, 6.07) is 11.1. The van der Waals surface area contributed by atoms with Gasteiger partial charge in [0.05, 0.1) is 10.6 Å². The summed E-state index contributed by atoms with van der Waals surface area (Å²) in [5.41, 5.74) is 7.32. The maximum absolute atomic E-state index is 7.73. The highest BCUT2D eigenvalue weighted by Crippen LogP contribution is 2.35. The highest BCUT2D eigenvalue weighted by atomic mass is 35.5. The van der Waals surface area contributed by atoms with Gasteiger partial charge < -0.3 is 10.5 Å². The van der Waals surface area contributed by atoms with Crippen LogP contribution in [-0.4, -0.2) is 12.1 Å². The lowest BCUT2D eigenvalue weighted by Gasteiger charge is -2.14. The van der Waals surface area contributed by atoms with E-state index in [1.807, 2.05) is 37.4 Å². The number of thioether (sulfide) groups is 1. The molecule has 2 aromatic carbocycles. The number of halogens is 1. The summed E-state index contributed by atoms with van der Waals surface area (Å²) in [7, 11) is 0. The van der Waals surface area contributed by atoms with E-state index in [1.165, 1.54) is 11.8 Å². The van der Waals surface area contributed by atoms with Crippen molar-refractivity contribution in [2.24, 2.45) is 5.73 Å². The van der Waals surface area contributed by atoms with Crippen LogP contribution in [0, 0.1) is 12.3 Å². The van der Waals surface area contributed by atoms with Crippen molar-refractivity contribution in [3.63, 3.8) is 0 Å². The fourth-order valence-electron chi connectivity index (χ4n) is 1.84. The summed E-state index contributed by atoms with van der Waals surface area (Å²) in [6.07, 6.45) is 1.94. The molecule has 0 spiro atoms. The molecule has 0 unspecified atom stereocenters. The van der Waals surface area contributed by atoms with Crippen LogP contribution in [0.15, 0.2) is 41.3 Å². The van der Waals surface area contributed by atoms with Crippen LogP contribution in [-0.2, 0) is 0 Å². The number of hydrogen-bond acceptors (Lipinski definition) is 3. The predicted molar refractivity (Wildman–Crippen MR) is 85.5 cm³/mol. The molecule has 3 N–H and O–H groups in total. The lowest BCUT2D eigenvalue weighted by atomic mass is 10.2. The molecule has 0 aliphatic carbocycles. The minimum absolute atomic E-state index is 0.0197. The maximum Gasteiger partial charge on any atom is 0.146 e. The monoisotopic (exact) mass is 306 g/mol. The van der Waals surface area contributed by atoms with Gasteiger partial charge in [-0.25, -0.2) is 0 Å². The van der Waals surface area contributed by atoms with Crippen molar-refractivity contribution in [1.29, 1.82) is 5.41 Å². The molecular formula is C15H15ClN2OS. The fraction of sp³-hybridized carbons (Fsp3) is 0.133. The van der Waals surface area contributed by atoms with E-state index in [9.17, 15) is 0 Å². The predicted octanol–water partition coefficient (Wildman–Crippen LogP) is 4.45. The Hall–Kier alpha value is -1.65. The third kappa shape index (κ3) is 3.08. The molecule has 0 bridgehead atoms. The Morgan fingerprint density at radius 1 is 1.25 bits per heavy atom. The summed E-state index contributed by atoms with van der Waals surface area (Å²) in [5, 5.41) is 8.26. The minimum atomic E-state index is -0.0197. The first-order chi connectivity index (χ1) is 9.52. The van der Waals surface area contributed by atoms with Gasteiger partial charge in [0.15, 0.2) is 0 Å². The molecule has 2 rings (SSSR count). The van der Waals surface area contributed by atoms with Gasteiger partial charge in [-0.15, -0.1) is 11.8 Å². The second-order valence-electron chi connectivity index (χ2n) is 4.28. The van der Waals surface area contributed by atoms with E-state index < -0.39 is 0 Å². The van der Waals surface area contributed by atoms with Crippen LogP contribution in [0.25, 0.3) is 0 Å². The van der Waals surface area contributed by atoms with Crippen LogP contribution in [0.3, 0.4) is 0 Å². The van der Waals surface area contributed by atoms with Crippen molar-refractivity contribution in [3.8, 4) is 11.5 Å². The van der Waals surface area contributed by atoms with Crippen molar-refractivity contribution < 1.29 is 4.74 Å². The number of aryl methyl sites for hydroxylation is 1. The smallest absolute Gasteiger partial charge is 0.146 e. The van der Waals surface area contributed by atoms with Crippen LogP contribution in [0.4, 0.5) is 0 Å². The SMILES string of the molecule is CSc1cccc(Oc2cc(C)ccc2Cl)c1C(=N)N. The Morgan fingerprint density at radius 3 is 2.65 bits per heavy atom. The average molecular weight is 307 g/mol. The molecule has 0 aliphatic rings. The largest absolute Gasteiger partial charge is 0.455 e. The van der Waals surface area contributed by atoms with E-state index in [0.717, 1.165) is 10.5 Å². The first kappa shape index (κ1) is 14.8. The zero-order chi connectivity index (χ0) is 14.7. The summed E-state index contributed by atoms with van der Waals surface area (Å²) < 4.78 is 5.86. The second kappa shape index (κ2) is 6.20. The average Bonchev–Trinajstić information content (AvgIpc) is 2.42. The molecule has 3 nitrogen and oxygen atoms in total. The number of amidine groups is 1. The Bertz CT molecular complexity index is 658. The lowest BCUT2D eigenvalue weighted by Crippen LogP contribution is -2.13. The third-order valence-corrected chi connectivity index (χ3v) is 3.88. The highest BCUT2D eigenvalue weighted by molar-refractivity contribution is 7.98. The molecule has 0 aliphatic heterocycles. The molecule has 0 saturated carbocycles. The Kier molecular flexibility index (Phi) is 4.57. The first-order valence-corrected chi connectivity index (χ1v) is 7.58. The van der Waals surface area contributed by atoms with Gasteiger partial charge in [-0.3, -0.25) is 5.41 Å². The van der Waals surface area contributed by atoms with Gasteiger partial charge in [-0.05, 0) is 43.0 Å². The van der Waals surface area contributed by atoms with Crippen molar-refractivity contribution >= 4 is 29.2 Å². The standard InChI is InChI=1S/C15H15ClN2OS/c1-9-6-7-10(16)12(8-9)19-11-4-3-5-13(20-2)14(11)15(17)18/h3-8H,1-2H3,(H3,17,18). The lowest BCUT2D eigenvalue weighted by molar-refractivity contribution is 0.480. The number of hydrogen-bond donors (Lipinski definition) is 2. The minimum Gasteiger partial charge on any atom is -0.455 e. The van der Waals surface area contributed by atoms with Crippen LogP contribution in [0.5, 0.6) is 11.5 Å². The molecule has 104 valence electrons. The molecule has 20 heavy (non-hydrogen) atoms. The van der Waals surface area contributed by atoms with Gasteiger partial charge in [0.2, 0.25) is 0 Å². The van der Waals surface area contributed by atoms with Crippen molar-refractivity contribution in [1.82, 2.24) is 0 Å². The Labute approximate surface area is 127 Å². The van der Waals surface area contributed by atoms with Crippen LogP contribution in [0.1, 0.15) is 11.1 Å². The van der Waals surface area contributed by atoms with E-state index >= 15 is 0 Å². The quantitative estimate of drug-likeness (QED) is 0.498. The number of nitrogens with two attached hydrogens (primary N) is 1. The number of nitrogens with one attached hydrogen (secondary N) is 1. The van der Waals surface area contributed by atoms with Crippen molar-refractivity contribution in [2.45, 2.75) is 11.8 Å². The first-order valence-electron chi connectivity index (χ1n) is 5.98. The van der Waals surface area contributed by atoms with Gasteiger partial charge in [-0.2, -0.15) is 0 Å². The van der Waals surface area contributed by atoms with Gasteiger partial charge >= 0.3 is 0 Å². The zero-order valence-corrected chi connectivity index (χ0v) is 12.8. The van der Waals surface area contributed by atoms with E-state index in [2.05, 4.69) is 0 Å². The van der Waals surface area contributed by atoms with E-state index in [-0.39, 0.29) is 5.84 Å². The van der Waals surface area contributed by atoms with Gasteiger partial charge in [-0.1, -0.05) is 23.7 Å². The zero-order valence-electron chi connectivity index (χ0n) is 11.2. The molecule has 0 saturated heterocycles. The highest BCUT2D eigenvalue weighted by Gasteiger charge is 2.14. The Balaban J connectivity index is 2.48. The van der Waals surface area contributed by atoms with Crippen molar-refractivity contribution in [2.75, 3.05) is 6.26 Å². The summed E-state index contributed by atoms with van der Waals surface area (Å²) in [6.45, 7) is 1.97. The second-order valence-corrected chi connectivity index (χ2v) is 5.54. The maximum atomic E-state index is 7.73. The van der Waals surface area contributed by atoms with E-state index in [0.29, 0.717) is 22.1 Å². The molecule has 0 radical (unpaired) electrons. The van der Waals surface area contributed by atoms with Crippen LogP contribution >= 0.6 is 23.4 Å². The summed E-state index contributed by atoms with van der Waals surface area (Å²) in [5.74, 6) is 1.08.